The van der Waals surface area contributed by atoms with Crippen LogP contribution in [0.5, 0.6) is 5.75 Å². The smallest absolute Gasteiger partial charge is 0.326 e. The minimum absolute atomic E-state index is 0.0752. The molecule has 5 aromatic rings. The maximum absolute atomic E-state index is 13.2. The Morgan fingerprint density at radius 3 is 2.47 bits per heavy atom. The molecule has 1 heterocycles. The van der Waals surface area contributed by atoms with Gasteiger partial charge in [0.05, 0.1) is 18.3 Å². The van der Waals surface area contributed by atoms with E-state index in [-0.39, 0.29) is 30.3 Å². The third-order valence-corrected chi connectivity index (χ3v) is 7.72. The van der Waals surface area contributed by atoms with Crippen molar-refractivity contribution in [1.29, 1.82) is 0 Å². The van der Waals surface area contributed by atoms with E-state index in [1.807, 2.05) is 86.8 Å². The Bertz CT molecular complexity index is 1830. The van der Waals surface area contributed by atoms with Gasteiger partial charge in [0.2, 0.25) is 5.91 Å². The molecule has 4 aromatic carbocycles. The second kappa shape index (κ2) is 14.1. The van der Waals surface area contributed by atoms with Gasteiger partial charge in [0.25, 0.3) is 5.91 Å². The number of anilines is 1. The maximum atomic E-state index is 13.2. The third-order valence-electron chi connectivity index (χ3n) is 7.72. The topological polar surface area (TPSA) is 147 Å². The summed E-state index contributed by atoms with van der Waals surface area (Å²) >= 11 is 0. The molecule has 6 N–H and O–H groups in total. The molecule has 0 fully saturated rings. The van der Waals surface area contributed by atoms with E-state index in [4.69, 9.17) is 10.5 Å². The van der Waals surface area contributed by atoms with Crippen molar-refractivity contribution >= 4 is 45.1 Å². The highest BCUT2D eigenvalue weighted by atomic mass is 16.5. The lowest BCUT2D eigenvalue weighted by molar-refractivity contribution is -0.139. The van der Waals surface area contributed by atoms with Crippen molar-refractivity contribution in [2.75, 3.05) is 11.9 Å². The average molecular weight is 607 g/mol. The van der Waals surface area contributed by atoms with E-state index < -0.39 is 29.9 Å². The van der Waals surface area contributed by atoms with Crippen LogP contribution in [-0.4, -0.2) is 46.6 Å². The number of hydrogen-bond donors (Lipinski definition) is 5. The van der Waals surface area contributed by atoms with Crippen LogP contribution in [0.1, 0.15) is 41.8 Å². The number of aromatic nitrogens is 1. The molecule has 9 nitrogen and oxygen atoms in total. The largest absolute Gasteiger partial charge is 0.491 e. The first-order valence-corrected chi connectivity index (χ1v) is 15.1. The average Bonchev–Trinajstić information content (AvgIpc) is 3.44. The molecule has 0 aliphatic heterocycles. The van der Waals surface area contributed by atoms with Gasteiger partial charge in [-0.25, -0.2) is 4.79 Å². The highest BCUT2D eigenvalue weighted by Gasteiger charge is 2.23. The first-order chi connectivity index (χ1) is 21.7. The Hall–Kier alpha value is -5.15. The van der Waals surface area contributed by atoms with Gasteiger partial charge in [-0.1, -0.05) is 74.5 Å². The molecule has 1 aromatic heterocycles. The van der Waals surface area contributed by atoms with Crippen LogP contribution in [0.4, 0.5) is 5.69 Å². The number of nitrogens with two attached hydrogens (primary N) is 1. The van der Waals surface area contributed by atoms with Crippen LogP contribution < -0.4 is 21.1 Å². The molecule has 0 unspecified atom stereocenters. The first-order valence-electron chi connectivity index (χ1n) is 15.1. The van der Waals surface area contributed by atoms with E-state index in [2.05, 4.69) is 15.6 Å². The zero-order valence-corrected chi connectivity index (χ0v) is 25.4. The molecule has 9 heteroatoms. The highest BCUT2D eigenvalue weighted by molar-refractivity contribution is 6.00. The number of amides is 2. The van der Waals surface area contributed by atoms with E-state index >= 15 is 0 Å². The number of ether oxygens (including phenoxy) is 1. The number of hydrogen-bond acceptors (Lipinski definition) is 5. The zero-order valence-electron chi connectivity index (χ0n) is 25.4. The monoisotopic (exact) mass is 606 g/mol. The van der Waals surface area contributed by atoms with Crippen LogP contribution in [0.2, 0.25) is 0 Å². The summed E-state index contributed by atoms with van der Waals surface area (Å²) in [6, 6.07) is 24.7. The van der Waals surface area contributed by atoms with Gasteiger partial charge in [-0.3, -0.25) is 9.59 Å². The number of rotatable bonds is 13. The van der Waals surface area contributed by atoms with Crippen LogP contribution in [0.15, 0.2) is 91.1 Å². The van der Waals surface area contributed by atoms with E-state index in [0.29, 0.717) is 18.5 Å². The van der Waals surface area contributed by atoms with Crippen LogP contribution >= 0.6 is 0 Å². The van der Waals surface area contributed by atoms with Gasteiger partial charge in [0.1, 0.15) is 11.8 Å². The summed E-state index contributed by atoms with van der Waals surface area (Å²) < 4.78 is 6.15. The summed E-state index contributed by atoms with van der Waals surface area (Å²) in [4.78, 5) is 41.3. The van der Waals surface area contributed by atoms with Crippen molar-refractivity contribution in [1.82, 2.24) is 10.3 Å². The van der Waals surface area contributed by atoms with Gasteiger partial charge in [0.15, 0.2) is 0 Å². The van der Waals surface area contributed by atoms with E-state index in [0.717, 1.165) is 32.8 Å². The summed E-state index contributed by atoms with van der Waals surface area (Å²) in [6.45, 7) is 4.05. The van der Waals surface area contributed by atoms with E-state index in [1.165, 1.54) is 12.1 Å². The Morgan fingerprint density at radius 2 is 1.69 bits per heavy atom. The number of aliphatic carboxylic acids is 1. The standard InChI is InChI=1S/C36H38N4O5/c1-22(2)17-32(36(43)44)40-34(41)26-13-14-31(33(20-26)45-16-15-27-21-38-30-10-6-5-9-28(27)30)39-35(42)29(37)19-23-11-12-24-7-3-4-8-25(24)18-23/h3-14,18,20-22,29,32,38H,15-17,19,37H2,1-2H3,(H,39,42)(H,40,41)(H,43,44)/t29-,32-/m0/s1. The minimum Gasteiger partial charge on any atom is -0.491 e. The van der Waals surface area contributed by atoms with Crippen molar-refractivity contribution in [3.63, 3.8) is 0 Å². The molecular formula is C36H38N4O5. The molecule has 0 aliphatic rings. The Kier molecular flexibility index (Phi) is 9.79. The summed E-state index contributed by atoms with van der Waals surface area (Å²) in [6.07, 6.45) is 3.14. The Labute approximate surface area is 261 Å². The number of carbonyl (C=O) groups is 3. The lowest BCUT2D eigenvalue weighted by Gasteiger charge is -2.19. The highest BCUT2D eigenvalue weighted by Crippen LogP contribution is 2.28. The van der Waals surface area contributed by atoms with Gasteiger partial charge < -0.3 is 31.2 Å². The quantitative estimate of drug-likeness (QED) is 0.117. The molecular weight excluding hydrogens is 568 g/mol. The number of fused-ring (bicyclic) bond motifs is 2. The van der Waals surface area contributed by atoms with Gasteiger partial charge >= 0.3 is 5.97 Å². The molecule has 232 valence electrons. The molecule has 45 heavy (non-hydrogen) atoms. The summed E-state index contributed by atoms with van der Waals surface area (Å²) in [5.74, 6) is -1.69. The fourth-order valence-electron chi connectivity index (χ4n) is 5.37. The lowest BCUT2D eigenvalue weighted by Crippen LogP contribution is -2.41. The molecule has 0 spiro atoms. The molecule has 0 aliphatic carbocycles. The van der Waals surface area contributed by atoms with Gasteiger partial charge in [-0.15, -0.1) is 0 Å². The second-order valence-electron chi connectivity index (χ2n) is 11.6. The molecule has 0 bridgehead atoms. The van der Waals surface area contributed by atoms with Crippen molar-refractivity contribution in [2.24, 2.45) is 11.7 Å². The fraction of sp³-hybridized carbons (Fsp3) is 0.250. The van der Waals surface area contributed by atoms with Gasteiger partial charge in [0, 0.05) is 29.1 Å². The number of carboxylic acids is 1. The third kappa shape index (κ3) is 7.87. The van der Waals surface area contributed by atoms with E-state index in [1.54, 1.807) is 6.07 Å². The number of carbonyl (C=O) groups excluding carboxylic acids is 2. The van der Waals surface area contributed by atoms with Crippen LogP contribution in [0.25, 0.3) is 21.7 Å². The fourth-order valence-corrected chi connectivity index (χ4v) is 5.37. The van der Waals surface area contributed by atoms with Crippen LogP contribution in [0.3, 0.4) is 0 Å². The van der Waals surface area contributed by atoms with E-state index in [9.17, 15) is 19.5 Å². The number of benzene rings is 4. The number of aromatic amines is 1. The maximum Gasteiger partial charge on any atom is 0.326 e. The molecule has 0 saturated heterocycles. The first kappa shape index (κ1) is 31.3. The van der Waals surface area contributed by atoms with Crippen LogP contribution in [0, 0.1) is 5.92 Å². The Morgan fingerprint density at radius 1 is 0.933 bits per heavy atom. The zero-order chi connectivity index (χ0) is 31.9. The van der Waals surface area contributed by atoms with Crippen molar-refractivity contribution in [3.8, 4) is 5.75 Å². The van der Waals surface area contributed by atoms with Crippen molar-refractivity contribution in [3.05, 3.63) is 108 Å². The molecule has 2 amide bonds. The number of para-hydroxylation sites is 1. The summed E-state index contributed by atoms with van der Waals surface area (Å²) in [5, 5.41) is 18.3. The number of H-pyrrole nitrogens is 1. The van der Waals surface area contributed by atoms with Crippen molar-refractivity contribution in [2.45, 2.75) is 45.2 Å². The SMILES string of the molecule is CC(C)C[C@H](NC(=O)c1ccc(NC(=O)[C@@H](N)Cc2ccc3ccccc3c2)c(OCCc2c[nH]c3ccccc23)c1)C(=O)O. The molecule has 2 atom stereocenters. The predicted molar refractivity (Wildman–Crippen MR) is 177 cm³/mol. The normalized spacial score (nSPS) is 12.6. The van der Waals surface area contributed by atoms with Crippen molar-refractivity contribution < 1.29 is 24.2 Å². The molecule has 0 saturated carbocycles. The number of nitrogens with one attached hydrogen (secondary N) is 3. The lowest BCUT2D eigenvalue weighted by atomic mass is 10.0. The number of carboxylic acid groups (broad SMARTS) is 1. The van der Waals surface area contributed by atoms with Gasteiger partial charge in [-0.05, 0) is 64.9 Å². The minimum atomic E-state index is -1.10. The molecule has 5 rings (SSSR count). The molecule has 0 radical (unpaired) electrons. The summed E-state index contributed by atoms with van der Waals surface area (Å²) in [5.41, 5.74) is 9.94. The van der Waals surface area contributed by atoms with Gasteiger partial charge in [-0.2, -0.15) is 0 Å². The van der Waals surface area contributed by atoms with Crippen LogP contribution in [-0.2, 0) is 22.4 Å². The summed E-state index contributed by atoms with van der Waals surface area (Å²) in [7, 11) is 0. The predicted octanol–water partition coefficient (Wildman–Crippen LogP) is 5.68. The Balaban J connectivity index is 1.33. The second-order valence-corrected chi connectivity index (χ2v) is 11.6.